The standard InChI is InChI=1S/C12H16N6/c1-15-12(17-14)10-7-16-18(2)11(10)8-4-3-5-9(13)6-8/h3-7H,13-14H2,1-2H3,(H,15,17). The number of nitrogens with one attached hydrogen (secondary N) is 1. The molecular weight excluding hydrogens is 228 g/mol. The van der Waals surface area contributed by atoms with Gasteiger partial charge in [0.05, 0.1) is 17.5 Å². The molecule has 0 radical (unpaired) electrons. The van der Waals surface area contributed by atoms with Gasteiger partial charge in [-0.3, -0.25) is 9.67 Å². The third-order valence-corrected chi connectivity index (χ3v) is 2.71. The number of hydrogen-bond acceptors (Lipinski definition) is 4. The van der Waals surface area contributed by atoms with Crippen LogP contribution in [0, 0.1) is 0 Å². The molecule has 1 heterocycles. The smallest absolute Gasteiger partial charge is 0.146 e. The van der Waals surface area contributed by atoms with Crippen LogP contribution in [0.3, 0.4) is 0 Å². The van der Waals surface area contributed by atoms with Gasteiger partial charge < -0.3 is 11.2 Å². The van der Waals surface area contributed by atoms with Gasteiger partial charge in [-0.2, -0.15) is 5.10 Å². The van der Waals surface area contributed by atoms with Crippen LogP contribution in [-0.2, 0) is 7.05 Å². The Morgan fingerprint density at radius 1 is 1.44 bits per heavy atom. The van der Waals surface area contributed by atoms with Crippen LogP contribution in [0.5, 0.6) is 0 Å². The van der Waals surface area contributed by atoms with E-state index < -0.39 is 0 Å². The van der Waals surface area contributed by atoms with Crippen molar-refractivity contribution >= 4 is 11.5 Å². The summed E-state index contributed by atoms with van der Waals surface area (Å²) in [6.45, 7) is 0. The van der Waals surface area contributed by atoms with Gasteiger partial charge in [0.1, 0.15) is 5.84 Å². The summed E-state index contributed by atoms with van der Waals surface area (Å²) in [7, 11) is 3.54. The van der Waals surface area contributed by atoms with Crippen LogP contribution >= 0.6 is 0 Å². The fourth-order valence-electron chi connectivity index (χ4n) is 1.90. The van der Waals surface area contributed by atoms with E-state index in [1.54, 1.807) is 17.9 Å². The second-order valence-corrected chi connectivity index (χ2v) is 3.87. The van der Waals surface area contributed by atoms with E-state index >= 15 is 0 Å². The summed E-state index contributed by atoms with van der Waals surface area (Å²) in [5, 5.41) is 4.24. The van der Waals surface area contributed by atoms with Gasteiger partial charge in [0.25, 0.3) is 0 Å². The summed E-state index contributed by atoms with van der Waals surface area (Å²) in [6.07, 6.45) is 1.72. The summed E-state index contributed by atoms with van der Waals surface area (Å²) >= 11 is 0. The molecule has 0 saturated heterocycles. The second-order valence-electron chi connectivity index (χ2n) is 3.87. The highest BCUT2D eigenvalue weighted by Crippen LogP contribution is 2.24. The summed E-state index contributed by atoms with van der Waals surface area (Å²) < 4.78 is 1.77. The fraction of sp³-hybridized carbons (Fsp3) is 0.167. The Morgan fingerprint density at radius 3 is 2.83 bits per heavy atom. The van der Waals surface area contributed by atoms with E-state index in [-0.39, 0.29) is 0 Å². The molecule has 0 aliphatic heterocycles. The van der Waals surface area contributed by atoms with Crippen molar-refractivity contribution in [2.75, 3.05) is 12.8 Å². The molecule has 2 aromatic rings. The average molecular weight is 244 g/mol. The van der Waals surface area contributed by atoms with E-state index in [1.165, 1.54) is 0 Å². The number of rotatable bonds is 2. The number of aryl methyl sites for hydroxylation is 1. The van der Waals surface area contributed by atoms with Crippen molar-refractivity contribution in [2.24, 2.45) is 17.9 Å². The molecule has 0 fully saturated rings. The topological polar surface area (TPSA) is 94.2 Å². The molecule has 1 aromatic carbocycles. The molecule has 18 heavy (non-hydrogen) atoms. The summed E-state index contributed by atoms with van der Waals surface area (Å²) in [5.74, 6) is 6.04. The lowest BCUT2D eigenvalue weighted by Crippen LogP contribution is -2.31. The van der Waals surface area contributed by atoms with Crippen LogP contribution in [0.1, 0.15) is 5.56 Å². The quantitative estimate of drug-likeness (QED) is 0.236. The van der Waals surface area contributed by atoms with Gasteiger partial charge in [-0.05, 0) is 12.1 Å². The number of aliphatic imine (C=N–C) groups is 1. The minimum atomic E-state index is 0.584. The first-order valence-corrected chi connectivity index (χ1v) is 5.49. The largest absolute Gasteiger partial charge is 0.399 e. The summed E-state index contributed by atoms with van der Waals surface area (Å²) in [5.41, 5.74) is 11.8. The van der Waals surface area contributed by atoms with E-state index in [1.807, 2.05) is 31.3 Å². The third-order valence-electron chi connectivity index (χ3n) is 2.71. The van der Waals surface area contributed by atoms with Gasteiger partial charge >= 0.3 is 0 Å². The van der Waals surface area contributed by atoms with Crippen LogP contribution in [0.25, 0.3) is 11.3 Å². The zero-order valence-corrected chi connectivity index (χ0v) is 10.4. The zero-order chi connectivity index (χ0) is 13.1. The number of hydrazine groups is 1. The predicted molar refractivity (Wildman–Crippen MR) is 72.8 cm³/mol. The lowest BCUT2D eigenvalue weighted by molar-refractivity contribution is 0.776. The summed E-state index contributed by atoms with van der Waals surface area (Å²) in [6, 6.07) is 7.61. The maximum atomic E-state index is 5.81. The molecule has 5 N–H and O–H groups in total. The molecule has 0 unspecified atom stereocenters. The first-order chi connectivity index (χ1) is 8.67. The highest BCUT2D eigenvalue weighted by atomic mass is 15.3. The number of nitrogens with zero attached hydrogens (tertiary/aromatic N) is 3. The maximum Gasteiger partial charge on any atom is 0.146 e. The van der Waals surface area contributed by atoms with Crippen LogP contribution in [-0.4, -0.2) is 22.7 Å². The zero-order valence-electron chi connectivity index (χ0n) is 10.4. The molecule has 0 saturated carbocycles. The van der Waals surface area contributed by atoms with E-state index in [2.05, 4.69) is 15.5 Å². The van der Waals surface area contributed by atoms with Crippen molar-refractivity contribution in [3.8, 4) is 11.3 Å². The van der Waals surface area contributed by atoms with Gasteiger partial charge in [-0.15, -0.1) is 0 Å². The molecule has 0 amide bonds. The monoisotopic (exact) mass is 244 g/mol. The lowest BCUT2D eigenvalue weighted by Gasteiger charge is -2.08. The number of nitrogens with two attached hydrogens (primary N) is 2. The lowest BCUT2D eigenvalue weighted by atomic mass is 10.1. The molecule has 6 nitrogen and oxygen atoms in total. The Bertz CT molecular complexity index is 584. The molecule has 0 atom stereocenters. The number of anilines is 1. The summed E-state index contributed by atoms with van der Waals surface area (Å²) in [4.78, 5) is 4.09. The predicted octanol–water partition coefficient (Wildman–Crippen LogP) is 0.509. The van der Waals surface area contributed by atoms with Crippen LogP contribution in [0.4, 0.5) is 5.69 Å². The Balaban J connectivity index is 2.60. The van der Waals surface area contributed by atoms with Crippen LogP contribution < -0.4 is 17.0 Å². The molecule has 0 bridgehead atoms. The first kappa shape index (κ1) is 12.1. The van der Waals surface area contributed by atoms with Crippen LogP contribution in [0.2, 0.25) is 0 Å². The van der Waals surface area contributed by atoms with Crippen molar-refractivity contribution in [3.05, 3.63) is 36.0 Å². The highest BCUT2D eigenvalue weighted by Gasteiger charge is 2.15. The Morgan fingerprint density at radius 2 is 2.22 bits per heavy atom. The number of amidine groups is 1. The van der Waals surface area contributed by atoms with Crippen molar-refractivity contribution in [3.63, 3.8) is 0 Å². The molecule has 1 aromatic heterocycles. The Labute approximate surface area is 105 Å². The molecule has 6 heteroatoms. The Hall–Kier alpha value is -2.34. The van der Waals surface area contributed by atoms with Gasteiger partial charge in [0.2, 0.25) is 0 Å². The maximum absolute atomic E-state index is 5.81. The molecule has 0 spiro atoms. The second kappa shape index (κ2) is 4.89. The van der Waals surface area contributed by atoms with Crippen molar-refractivity contribution in [1.82, 2.24) is 15.2 Å². The van der Waals surface area contributed by atoms with Crippen molar-refractivity contribution in [2.45, 2.75) is 0 Å². The van der Waals surface area contributed by atoms with Crippen molar-refractivity contribution < 1.29 is 0 Å². The normalized spacial score (nSPS) is 11.6. The molecule has 2 rings (SSSR count). The SMILES string of the molecule is CN=C(NN)c1cnn(C)c1-c1cccc(N)c1. The number of nitrogen functional groups attached to an aromatic ring is 1. The average Bonchev–Trinajstić information content (AvgIpc) is 2.73. The van der Waals surface area contributed by atoms with Crippen molar-refractivity contribution in [1.29, 1.82) is 0 Å². The van der Waals surface area contributed by atoms with Gasteiger partial charge in [-0.1, -0.05) is 12.1 Å². The van der Waals surface area contributed by atoms with E-state index in [0.29, 0.717) is 11.5 Å². The third kappa shape index (κ3) is 2.05. The highest BCUT2D eigenvalue weighted by molar-refractivity contribution is 6.03. The molecule has 0 aliphatic rings. The minimum absolute atomic E-state index is 0.584. The van der Waals surface area contributed by atoms with Crippen LogP contribution in [0.15, 0.2) is 35.5 Å². The molecule has 94 valence electrons. The van der Waals surface area contributed by atoms with E-state index in [0.717, 1.165) is 16.8 Å². The first-order valence-electron chi connectivity index (χ1n) is 5.49. The Kier molecular flexibility index (Phi) is 3.29. The van der Waals surface area contributed by atoms with Gasteiger partial charge in [-0.25, -0.2) is 5.84 Å². The van der Waals surface area contributed by atoms with E-state index in [9.17, 15) is 0 Å². The number of benzene rings is 1. The van der Waals surface area contributed by atoms with Gasteiger partial charge in [0, 0.05) is 25.3 Å². The van der Waals surface area contributed by atoms with Gasteiger partial charge in [0.15, 0.2) is 0 Å². The minimum Gasteiger partial charge on any atom is -0.399 e. The number of hydrogen-bond donors (Lipinski definition) is 3. The van der Waals surface area contributed by atoms with E-state index in [4.69, 9.17) is 11.6 Å². The number of aromatic nitrogens is 2. The fourth-order valence-corrected chi connectivity index (χ4v) is 1.90. The molecular formula is C12H16N6. The molecule has 0 aliphatic carbocycles.